The Hall–Kier alpha value is -1.59. The third-order valence-electron chi connectivity index (χ3n) is 1.89. The molecule has 1 aromatic rings. The Morgan fingerprint density at radius 1 is 1.40 bits per heavy atom. The molecule has 0 amide bonds. The van der Waals surface area contributed by atoms with Crippen molar-refractivity contribution in [1.29, 1.82) is 0 Å². The van der Waals surface area contributed by atoms with E-state index in [1.807, 2.05) is 0 Å². The maximum Gasteiger partial charge on any atom is 0.431 e. The molecule has 15 heavy (non-hydrogen) atoms. The predicted molar refractivity (Wildman–Crippen MR) is 46.8 cm³/mol. The van der Waals surface area contributed by atoms with Crippen LogP contribution in [0.15, 0.2) is 10.9 Å². The van der Waals surface area contributed by atoms with Crippen LogP contribution in [0.1, 0.15) is 28.5 Å². The zero-order valence-corrected chi connectivity index (χ0v) is 8.03. The highest BCUT2D eigenvalue weighted by Crippen LogP contribution is 2.27. The van der Waals surface area contributed by atoms with Gasteiger partial charge in [0.1, 0.15) is 5.69 Å². The number of hydrogen-bond donors (Lipinski definition) is 1. The van der Waals surface area contributed by atoms with Crippen LogP contribution >= 0.6 is 0 Å². The summed E-state index contributed by atoms with van der Waals surface area (Å²) in [6.45, 7) is 2.42. The van der Waals surface area contributed by atoms with Gasteiger partial charge >= 0.3 is 6.18 Å². The van der Waals surface area contributed by atoms with Crippen molar-refractivity contribution in [2.24, 2.45) is 0 Å². The number of nitrogens with one attached hydrogen (secondary N) is 1. The molecule has 0 aliphatic rings. The minimum atomic E-state index is -4.61. The van der Waals surface area contributed by atoms with Crippen LogP contribution in [0.25, 0.3) is 0 Å². The van der Waals surface area contributed by atoms with E-state index in [-0.39, 0.29) is 11.1 Å². The second-order valence-corrected chi connectivity index (χ2v) is 3.12. The lowest BCUT2D eigenvalue weighted by molar-refractivity contribution is -0.141. The Labute approximate surface area is 82.9 Å². The van der Waals surface area contributed by atoms with Gasteiger partial charge in [-0.2, -0.15) is 13.2 Å². The van der Waals surface area contributed by atoms with E-state index < -0.39 is 23.2 Å². The van der Waals surface area contributed by atoms with Crippen LogP contribution in [-0.2, 0) is 6.18 Å². The van der Waals surface area contributed by atoms with Crippen molar-refractivity contribution in [3.05, 3.63) is 33.2 Å². The summed E-state index contributed by atoms with van der Waals surface area (Å²) in [4.78, 5) is 23.8. The van der Waals surface area contributed by atoms with Gasteiger partial charge in [-0.1, -0.05) is 0 Å². The average Bonchev–Trinajstić information content (AvgIpc) is 1.99. The fraction of sp³-hybridized carbons (Fsp3) is 0.333. The molecule has 1 rings (SSSR count). The molecule has 3 nitrogen and oxygen atoms in total. The number of aryl methyl sites for hydroxylation is 1. The van der Waals surface area contributed by atoms with Crippen LogP contribution < -0.4 is 5.56 Å². The van der Waals surface area contributed by atoms with E-state index in [4.69, 9.17) is 0 Å². The van der Waals surface area contributed by atoms with Gasteiger partial charge in [-0.25, -0.2) is 0 Å². The molecule has 82 valence electrons. The SMILES string of the molecule is CC(=O)c1c(C)cc(C(F)(F)F)[nH]c1=O. The monoisotopic (exact) mass is 219 g/mol. The Balaban J connectivity index is 3.46. The summed E-state index contributed by atoms with van der Waals surface area (Å²) < 4.78 is 36.7. The number of carbonyl (C=O) groups excluding carboxylic acids is 1. The first-order chi connectivity index (χ1) is 6.73. The molecule has 0 aliphatic carbocycles. The maximum atomic E-state index is 12.2. The highest BCUT2D eigenvalue weighted by atomic mass is 19.4. The van der Waals surface area contributed by atoms with Crippen molar-refractivity contribution in [2.45, 2.75) is 20.0 Å². The van der Waals surface area contributed by atoms with E-state index in [9.17, 15) is 22.8 Å². The molecule has 0 unspecified atom stereocenters. The normalized spacial score (nSPS) is 11.5. The molecule has 0 spiro atoms. The maximum absolute atomic E-state index is 12.2. The summed E-state index contributed by atoms with van der Waals surface area (Å²) in [5.41, 5.74) is -2.36. The van der Waals surface area contributed by atoms with Crippen LogP contribution in [-0.4, -0.2) is 10.8 Å². The Morgan fingerprint density at radius 2 is 1.93 bits per heavy atom. The summed E-state index contributed by atoms with van der Waals surface area (Å²) in [5, 5.41) is 0. The first-order valence-electron chi connectivity index (χ1n) is 4.05. The zero-order chi connectivity index (χ0) is 11.8. The molecule has 1 aromatic heterocycles. The fourth-order valence-corrected chi connectivity index (χ4v) is 1.28. The first-order valence-corrected chi connectivity index (χ1v) is 4.05. The number of ketones is 1. The van der Waals surface area contributed by atoms with E-state index in [1.54, 1.807) is 4.98 Å². The van der Waals surface area contributed by atoms with Crippen molar-refractivity contribution in [3.63, 3.8) is 0 Å². The van der Waals surface area contributed by atoms with Gasteiger partial charge in [-0.15, -0.1) is 0 Å². The van der Waals surface area contributed by atoms with Gasteiger partial charge in [-0.05, 0) is 25.5 Å². The molecule has 1 N–H and O–H groups in total. The van der Waals surface area contributed by atoms with E-state index in [1.165, 1.54) is 6.92 Å². The Kier molecular flexibility index (Phi) is 2.70. The lowest BCUT2D eigenvalue weighted by Crippen LogP contribution is -2.23. The minimum absolute atomic E-state index is 0.0265. The molecule has 0 aliphatic heterocycles. The molecule has 0 bridgehead atoms. The third kappa shape index (κ3) is 2.26. The Morgan fingerprint density at radius 3 is 2.27 bits per heavy atom. The van der Waals surface area contributed by atoms with Crippen molar-refractivity contribution < 1.29 is 18.0 Å². The van der Waals surface area contributed by atoms with Crippen molar-refractivity contribution in [1.82, 2.24) is 4.98 Å². The third-order valence-corrected chi connectivity index (χ3v) is 1.89. The molecule has 0 saturated carbocycles. The highest BCUT2D eigenvalue weighted by Gasteiger charge is 2.32. The van der Waals surface area contributed by atoms with E-state index in [2.05, 4.69) is 0 Å². The summed E-state index contributed by atoms with van der Waals surface area (Å²) in [5.74, 6) is -0.553. The summed E-state index contributed by atoms with van der Waals surface area (Å²) >= 11 is 0. The molecule has 0 atom stereocenters. The lowest BCUT2D eigenvalue weighted by atomic mass is 10.1. The summed E-state index contributed by atoms with van der Waals surface area (Å²) in [7, 11) is 0. The standard InChI is InChI=1S/C9H8F3NO2/c1-4-3-6(9(10,11)12)13-8(15)7(4)5(2)14/h3H,1-2H3,(H,13,15). The van der Waals surface area contributed by atoms with E-state index in [0.717, 1.165) is 13.0 Å². The molecule has 0 saturated heterocycles. The molecule has 0 radical (unpaired) electrons. The van der Waals surface area contributed by atoms with Gasteiger partial charge in [0.15, 0.2) is 5.78 Å². The van der Waals surface area contributed by atoms with Crippen LogP contribution in [0, 0.1) is 6.92 Å². The van der Waals surface area contributed by atoms with Gasteiger partial charge in [-0.3, -0.25) is 9.59 Å². The second-order valence-electron chi connectivity index (χ2n) is 3.12. The number of rotatable bonds is 1. The first kappa shape index (κ1) is 11.5. The number of pyridine rings is 1. The number of aromatic nitrogens is 1. The second kappa shape index (κ2) is 3.52. The number of Topliss-reactive ketones (excluding diaryl/α,β-unsaturated/α-hetero) is 1. The molecular formula is C9H8F3NO2. The molecule has 0 fully saturated rings. The number of H-pyrrole nitrogens is 1. The van der Waals surface area contributed by atoms with Gasteiger partial charge in [0.25, 0.3) is 5.56 Å². The quantitative estimate of drug-likeness (QED) is 0.733. The van der Waals surface area contributed by atoms with E-state index in [0.29, 0.717) is 0 Å². The molecule has 0 aromatic carbocycles. The van der Waals surface area contributed by atoms with Crippen LogP contribution in [0.5, 0.6) is 0 Å². The predicted octanol–water partition coefficient (Wildman–Crippen LogP) is 1.90. The van der Waals surface area contributed by atoms with Gasteiger partial charge in [0.2, 0.25) is 0 Å². The zero-order valence-electron chi connectivity index (χ0n) is 8.03. The Bertz CT molecular complexity index is 459. The molecule has 6 heteroatoms. The number of carbonyl (C=O) groups is 1. The van der Waals surface area contributed by atoms with Gasteiger partial charge < -0.3 is 4.98 Å². The van der Waals surface area contributed by atoms with E-state index >= 15 is 0 Å². The molecule has 1 heterocycles. The van der Waals surface area contributed by atoms with Crippen molar-refractivity contribution in [3.8, 4) is 0 Å². The number of hydrogen-bond acceptors (Lipinski definition) is 2. The van der Waals surface area contributed by atoms with Crippen molar-refractivity contribution >= 4 is 5.78 Å². The number of alkyl halides is 3. The largest absolute Gasteiger partial charge is 0.431 e. The van der Waals surface area contributed by atoms with Crippen LogP contribution in [0.3, 0.4) is 0 Å². The summed E-state index contributed by atoms with van der Waals surface area (Å²) in [6.07, 6.45) is -4.61. The van der Waals surface area contributed by atoms with Crippen LogP contribution in [0.2, 0.25) is 0 Å². The highest BCUT2D eigenvalue weighted by molar-refractivity contribution is 5.95. The fourth-order valence-electron chi connectivity index (χ4n) is 1.28. The van der Waals surface area contributed by atoms with Crippen molar-refractivity contribution in [2.75, 3.05) is 0 Å². The lowest BCUT2D eigenvalue weighted by Gasteiger charge is -2.08. The van der Waals surface area contributed by atoms with Crippen LogP contribution in [0.4, 0.5) is 13.2 Å². The number of aromatic amines is 1. The molecular weight excluding hydrogens is 211 g/mol. The average molecular weight is 219 g/mol. The summed E-state index contributed by atoms with van der Waals surface area (Å²) in [6, 6.07) is 0.748. The van der Waals surface area contributed by atoms with Gasteiger partial charge in [0.05, 0.1) is 5.56 Å². The minimum Gasteiger partial charge on any atom is -0.318 e. The smallest absolute Gasteiger partial charge is 0.318 e. The van der Waals surface area contributed by atoms with Gasteiger partial charge in [0, 0.05) is 0 Å². The number of halogens is 3. The topological polar surface area (TPSA) is 49.9 Å².